The van der Waals surface area contributed by atoms with E-state index in [-0.39, 0.29) is 24.4 Å². The lowest BCUT2D eigenvalue weighted by molar-refractivity contribution is -0.205. The van der Waals surface area contributed by atoms with E-state index in [0.29, 0.717) is 13.2 Å². The van der Waals surface area contributed by atoms with Crippen molar-refractivity contribution < 1.29 is 18.9 Å². The predicted octanol–water partition coefficient (Wildman–Crippen LogP) is 3.85. The van der Waals surface area contributed by atoms with Crippen LogP contribution in [0.2, 0.25) is 0 Å². The molecule has 3 unspecified atom stereocenters. The summed E-state index contributed by atoms with van der Waals surface area (Å²) in [6.07, 6.45) is -1.35. The molecule has 1 aliphatic heterocycles. The number of azide groups is 1. The van der Waals surface area contributed by atoms with Gasteiger partial charge < -0.3 is 18.9 Å². The van der Waals surface area contributed by atoms with Crippen molar-refractivity contribution in [3.63, 3.8) is 0 Å². The van der Waals surface area contributed by atoms with Gasteiger partial charge in [0.2, 0.25) is 0 Å². The third-order valence-electron chi connectivity index (χ3n) is 4.99. The van der Waals surface area contributed by atoms with Crippen LogP contribution in [0.4, 0.5) is 0 Å². The van der Waals surface area contributed by atoms with Crippen LogP contribution in [0.1, 0.15) is 12.5 Å². The van der Waals surface area contributed by atoms with Crippen molar-refractivity contribution in [2.45, 2.75) is 44.0 Å². The fraction of sp³-hybridized carbons (Fsp3) is 0.500. The number of ether oxygens (including phenoxy) is 4. The van der Waals surface area contributed by atoms with Crippen molar-refractivity contribution in [2.75, 3.05) is 20.8 Å². The maximum Gasteiger partial charge on any atom is 0.112 e. The summed E-state index contributed by atoms with van der Waals surface area (Å²) in [7, 11) is 3.18. The molecule has 2 aromatic carbocycles. The van der Waals surface area contributed by atoms with Crippen LogP contribution in [0.25, 0.3) is 21.2 Å². The Bertz CT molecular complexity index is 809. The summed E-state index contributed by atoms with van der Waals surface area (Å²) in [5.74, 6) is 0. The van der Waals surface area contributed by atoms with Crippen molar-refractivity contribution >= 4 is 10.8 Å². The standard InChI is InChI=1S/C20H25N3O4/c1-13-18(22-23-21)20(25-3)19(24-2)17(27-13)12-26-11-14-8-9-15-6-4-5-7-16(15)10-14/h4-10,13,17-20H,11-12H2,1-3H3/t13?,17?,18?,19-,20+/m0/s1. The van der Waals surface area contributed by atoms with Crippen LogP contribution in [-0.2, 0) is 25.6 Å². The zero-order chi connectivity index (χ0) is 19.2. The molecule has 1 heterocycles. The molecular formula is C20H25N3O4. The molecule has 5 atom stereocenters. The Balaban J connectivity index is 1.64. The zero-order valence-corrected chi connectivity index (χ0v) is 15.8. The molecule has 144 valence electrons. The van der Waals surface area contributed by atoms with Gasteiger partial charge in [0, 0.05) is 19.1 Å². The van der Waals surface area contributed by atoms with Gasteiger partial charge in [-0.15, -0.1) is 0 Å². The van der Waals surface area contributed by atoms with Gasteiger partial charge >= 0.3 is 0 Å². The van der Waals surface area contributed by atoms with Gasteiger partial charge in [0.1, 0.15) is 12.2 Å². The minimum absolute atomic E-state index is 0.286. The van der Waals surface area contributed by atoms with Crippen LogP contribution in [0.5, 0.6) is 0 Å². The highest BCUT2D eigenvalue weighted by atomic mass is 16.6. The zero-order valence-electron chi connectivity index (χ0n) is 15.8. The lowest BCUT2D eigenvalue weighted by atomic mass is 9.94. The van der Waals surface area contributed by atoms with Crippen LogP contribution in [0, 0.1) is 0 Å². The Kier molecular flexibility index (Phi) is 6.66. The number of benzene rings is 2. The Morgan fingerprint density at radius 3 is 2.52 bits per heavy atom. The van der Waals surface area contributed by atoms with E-state index in [1.54, 1.807) is 14.2 Å². The molecule has 0 amide bonds. The van der Waals surface area contributed by atoms with Gasteiger partial charge in [0.25, 0.3) is 0 Å². The van der Waals surface area contributed by atoms with Crippen LogP contribution in [0.3, 0.4) is 0 Å². The molecule has 27 heavy (non-hydrogen) atoms. The molecule has 0 spiro atoms. The highest BCUT2D eigenvalue weighted by Crippen LogP contribution is 2.28. The molecule has 1 aliphatic rings. The molecule has 0 saturated carbocycles. The number of hydrogen-bond donors (Lipinski definition) is 0. The van der Waals surface area contributed by atoms with Gasteiger partial charge in [-0.25, -0.2) is 0 Å². The Morgan fingerprint density at radius 1 is 1.07 bits per heavy atom. The summed E-state index contributed by atoms with van der Waals surface area (Å²) >= 11 is 0. The third kappa shape index (κ3) is 4.40. The third-order valence-corrected chi connectivity index (χ3v) is 4.99. The highest BCUT2D eigenvalue weighted by molar-refractivity contribution is 5.82. The van der Waals surface area contributed by atoms with E-state index >= 15 is 0 Å². The second-order valence-electron chi connectivity index (χ2n) is 6.67. The molecule has 0 N–H and O–H groups in total. The molecular weight excluding hydrogens is 346 g/mol. The van der Waals surface area contributed by atoms with E-state index in [9.17, 15) is 0 Å². The minimum Gasteiger partial charge on any atom is -0.378 e. The van der Waals surface area contributed by atoms with E-state index in [1.165, 1.54) is 10.8 Å². The smallest absolute Gasteiger partial charge is 0.112 e. The lowest BCUT2D eigenvalue weighted by Gasteiger charge is -2.43. The molecule has 2 aromatic rings. The highest BCUT2D eigenvalue weighted by Gasteiger charge is 2.44. The fourth-order valence-electron chi connectivity index (χ4n) is 3.64. The summed E-state index contributed by atoms with van der Waals surface area (Å²) in [6, 6.07) is 14.1. The lowest BCUT2D eigenvalue weighted by Crippen LogP contribution is -2.58. The number of fused-ring (bicyclic) bond motifs is 1. The van der Waals surface area contributed by atoms with Gasteiger partial charge in [-0.1, -0.05) is 41.5 Å². The van der Waals surface area contributed by atoms with Crippen LogP contribution in [0.15, 0.2) is 47.6 Å². The molecule has 1 saturated heterocycles. The molecule has 7 nitrogen and oxygen atoms in total. The first-order chi connectivity index (χ1) is 13.2. The molecule has 1 fully saturated rings. The SMILES string of the molecule is CO[C@@H]1C(N=[N+]=[N-])C(C)OC(COCc2ccc3ccccc3c2)[C@@H]1OC. The molecule has 0 aliphatic carbocycles. The van der Waals surface area contributed by atoms with E-state index in [2.05, 4.69) is 40.4 Å². The average molecular weight is 371 g/mol. The first-order valence-electron chi connectivity index (χ1n) is 8.98. The predicted molar refractivity (Wildman–Crippen MR) is 102 cm³/mol. The summed E-state index contributed by atoms with van der Waals surface area (Å²) in [5, 5.41) is 6.21. The molecule has 0 aromatic heterocycles. The van der Waals surface area contributed by atoms with Crippen molar-refractivity contribution in [1.29, 1.82) is 0 Å². The quantitative estimate of drug-likeness (QED) is 0.420. The molecule has 0 radical (unpaired) electrons. The summed E-state index contributed by atoms with van der Waals surface area (Å²) in [5.41, 5.74) is 9.90. The number of nitrogens with zero attached hydrogens (tertiary/aromatic N) is 3. The van der Waals surface area contributed by atoms with Gasteiger partial charge in [0.05, 0.1) is 31.5 Å². The minimum atomic E-state index is -0.443. The van der Waals surface area contributed by atoms with Crippen molar-refractivity contribution in [3.05, 3.63) is 58.5 Å². The molecule has 7 heteroatoms. The second-order valence-corrected chi connectivity index (χ2v) is 6.67. The maximum absolute atomic E-state index is 8.80. The number of rotatable bonds is 7. The fourth-order valence-corrected chi connectivity index (χ4v) is 3.64. The van der Waals surface area contributed by atoms with Crippen molar-refractivity contribution in [3.8, 4) is 0 Å². The Morgan fingerprint density at radius 2 is 1.81 bits per heavy atom. The molecule has 0 bridgehead atoms. The number of methoxy groups -OCH3 is 2. The Labute approximate surface area is 158 Å². The van der Waals surface area contributed by atoms with E-state index in [4.69, 9.17) is 24.5 Å². The Hall–Kier alpha value is -2.15. The topological polar surface area (TPSA) is 85.7 Å². The van der Waals surface area contributed by atoms with Crippen molar-refractivity contribution in [2.24, 2.45) is 5.11 Å². The van der Waals surface area contributed by atoms with Gasteiger partial charge in [0.15, 0.2) is 0 Å². The van der Waals surface area contributed by atoms with E-state index in [1.807, 2.05) is 19.1 Å². The van der Waals surface area contributed by atoms with Crippen LogP contribution >= 0.6 is 0 Å². The molecule has 3 rings (SSSR count). The normalized spacial score (nSPS) is 28.0. The van der Waals surface area contributed by atoms with Crippen molar-refractivity contribution in [1.82, 2.24) is 0 Å². The maximum atomic E-state index is 8.80. The monoisotopic (exact) mass is 371 g/mol. The summed E-state index contributed by atoms with van der Waals surface area (Å²) < 4.78 is 23.0. The summed E-state index contributed by atoms with van der Waals surface area (Å²) in [6.45, 7) is 2.71. The van der Waals surface area contributed by atoms with Crippen LogP contribution in [-0.4, -0.2) is 51.3 Å². The van der Waals surface area contributed by atoms with Gasteiger partial charge in [-0.05, 0) is 34.9 Å². The van der Waals surface area contributed by atoms with Gasteiger partial charge in [-0.2, -0.15) is 0 Å². The van der Waals surface area contributed by atoms with E-state index < -0.39 is 6.04 Å². The average Bonchev–Trinajstić information content (AvgIpc) is 2.69. The number of hydrogen-bond acceptors (Lipinski definition) is 5. The van der Waals surface area contributed by atoms with Gasteiger partial charge in [-0.3, -0.25) is 0 Å². The first-order valence-corrected chi connectivity index (χ1v) is 8.98. The largest absolute Gasteiger partial charge is 0.378 e. The first kappa shape index (κ1) is 19.6. The summed E-state index contributed by atoms with van der Waals surface area (Å²) in [4.78, 5) is 2.91. The second kappa shape index (κ2) is 9.17. The van der Waals surface area contributed by atoms with Crippen LogP contribution < -0.4 is 0 Å². The van der Waals surface area contributed by atoms with E-state index in [0.717, 1.165) is 5.56 Å².